The summed E-state index contributed by atoms with van der Waals surface area (Å²) >= 11 is 0. The second kappa shape index (κ2) is 8.46. The van der Waals surface area contributed by atoms with Crippen molar-refractivity contribution in [2.75, 3.05) is 45.4 Å². The predicted molar refractivity (Wildman–Crippen MR) is 112 cm³/mol. The first-order valence-electron chi connectivity index (χ1n) is 9.45. The lowest BCUT2D eigenvalue weighted by molar-refractivity contribution is 0.0782. The zero-order valence-corrected chi connectivity index (χ0v) is 18.1. The number of hydrogen-bond donors (Lipinski definition) is 0. The van der Waals surface area contributed by atoms with Gasteiger partial charge in [0.25, 0.3) is 5.91 Å². The number of nitrogens with zero attached hydrogens (tertiary/aromatic N) is 5. The predicted octanol–water partition coefficient (Wildman–Crippen LogP) is 1.56. The third-order valence-corrected chi connectivity index (χ3v) is 6.32. The maximum atomic E-state index is 13.2. The van der Waals surface area contributed by atoms with Gasteiger partial charge >= 0.3 is 0 Å². The highest BCUT2D eigenvalue weighted by Gasteiger charge is 2.33. The van der Waals surface area contributed by atoms with Gasteiger partial charge in [0.15, 0.2) is 0 Å². The Morgan fingerprint density at radius 3 is 2.48 bits per heavy atom. The van der Waals surface area contributed by atoms with Gasteiger partial charge in [-0.3, -0.25) is 4.79 Å². The highest BCUT2D eigenvalue weighted by molar-refractivity contribution is 7.88. The standard InChI is InChI=1S/C20H27N5O3S/c1-23(2)20-21-12-17(19(26)24(3)13-15-8-6-5-7-9-15)18(22-20)16-10-11-25(14-16)29(4,27)28/h5-9,12,16H,10-11,13-14H2,1-4H3. The van der Waals surface area contributed by atoms with E-state index in [1.807, 2.05) is 44.4 Å². The molecule has 2 heterocycles. The molecular weight excluding hydrogens is 390 g/mol. The van der Waals surface area contributed by atoms with Crippen LogP contribution in [0, 0.1) is 0 Å². The molecule has 1 amide bonds. The van der Waals surface area contributed by atoms with E-state index >= 15 is 0 Å². The van der Waals surface area contributed by atoms with E-state index in [0.717, 1.165) is 5.56 Å². The maximum Gasteiger partial charge on any atom is 0.257 e. The summed E-state index contributed by atoms with van der Waals surface area (Å²) in [5.41, 5.74) is 2.06. The fourth-order valence-corrected chi connectivity index (χ4v) is 4.35. The monoisotopic (exact) mass is 417 g/mol. The van der Waals surface area contributed by atoms with Gasteiger partial charge in [-0.2, -0.15) is 0 Å². The number of aromatic nitrogens is 2. The first-order chi connectivity index (χ1) is 13.7. The zero-order valence-electron chi connectivity index (χ0n) is 17.2. The topological polar surface area (TPSA) is 86.7 Å². The fourth-order valence-electron chi connectivity index (χ4n) is 3.46. The molecule has 0 bridgehead atoms. The van der Waals surface area contributed by atoms with Gasteiger partial charge in [0.05, 0.1) is 17.5 Å². The van der Waals surface area contributed by atoms with Crippen LogP contribution in [0.1, 0.15) is 34.0 Å². The van der Waals surface area contributed by atoms with Crippen LogP contribution in [0.2, 0.25) is 0 Å². The molecule has 0 radical (unpaired) electrons. The van der Waals surface area contributed by atoms with Gasteiger partial charge in [-0.15, -0.1) is 0 Å². The summed E-state index contributed by atoms with van der Waals surface area (Å²) in [6.07, 6.45) is 3.39. The Kier molecular flexibility index (Phi) is 6.18. The quantitative estimate of drug-likeness (QED) is 0.709. The van der Waals surface area contributed by atoms with Gasteiger partial charge in [-0.1, -0.05) is 30.3 Å². The van der Waals surface area contributed by atoms with Crippen molar-refractivity contribution in [1.82, 2.24) is 19.2 Å². The first kappa shape index (κ1) is 21.2. The number of sulfonamides is 1. The van der Waals surface area contributed by atoms with Crippen LogP contribution < -0.4 is 4.90 Å². The molecule has 2 aromatic rings. The molecule has 156 valence electrons. The van der Waals surface area contributed by atoms with Crippen LogP contribution in [0.5, 0.6) is 0 Å². The van der Waals surface area contributed by atoms with Gasteiger partial charge in [-0.25, -0.2) is 22.7 Å². The Hall–Kier alpha value is -2.52. The van der Waals surface area contributed by atoms with Crippen molar-refractivity contribution in [3.05, 3.63) is 53.3 Å². The summed E-state index contributed by atoms with van der Waals surface area (Å²) < 4.78 is 25.3. The average molecular weight is 418 g/mol. The highest BCUT2D eigenvalue weighted by Crippen LogP contribution is 2.31. The first-order valence-corrected chi connectivity index (χ1v) is 11.3. The number of carbonyl (C=O) groups is 1. The van der Waals surface area contributed by atoms with Crippen molar-refractivity contribution >= 4 is 21.9 Å². The van der Waals surface area contributed by atoms with E-state index in [9.17, 15) is 13.2 Å². The second-order valence-corrected chi connectivity index (χ2v) is 9.60. The van der Waals surface area contributed by atoms with Crippen LogP contribution in [-0.4, -0.2) is 74.0 Å². The van der Waals surface area contributed by atoms with E-state index in [-0.39, 0.29) is 11.8 Å². The molecule has 0 saturated carbocycles. The fraction of sp³-hybridized carbons (Fsp3) is 0.450. The van der Waals surface area contributed by atoms with Crippen LogP contribution in [0.3, 0.4) is 0 Å². The Morgan fingerprint density at radius 1 is 1.21 bits per heavy atom. The number of carbonyl (C=O) groups excluding carboxylic acids is 1. The Balaban J connectivity index is 1.91. The van der Waals surface area contributed by atoms with Crippen LogP contribution in [0.25, 0.3) is 0 Å². The van der Waals surface area contributed by atoms with Crippen molar-refractivity contribution in [3.63, 3.8) is 0 Å². The van der Waals surface area contributed by atoms with Crippen molar-refractivity contribution in [1.29, 1.82) is 0 Å². The summed E-state index contributed by atoms with van der Waals surface area (Å²) in [7, 11) is 2.14. The zero-order chi connectivity index (χ0) is 21.2. The summed E-state index contributed by atoms with van der Waals surface area (Å²) in [5, 5.41) is 0. The SMILES string of the molecule is CN(Cc1ccccc1)C(=O)c1cnc(N(C)C)nc1C1CCN(S(C)(=O)=O)C1. The molecule has 1 saturated heterocycles. The smallest absolute Gasteiger partial charge is 0.257 e. The summed E-state index contributed by atoms with van der Waals surface area (Å²) in [6.45, 7) is 1.22. The van der Waals surface area contributed by atoms with Gasteiger partial charge in [0.2, 0.25) is 16.0 Å². The van der Waals surface area contributed by atoms with Crippen molar-refractivity contribution in [3.8, 4) is 0 Å². The van der Waals surface area contributed by atoms with Gasteiger partial charge in [-0.05, 0) is 12.0 Å². The molecule has 29 heavy (non-hydrogen) atoms. The minimum absolute atomic E-state index is 0.143. The summed E-state index contributed by atoms with van der Waals surface area (Å²) in [4.78, 5) is 25.5. The van der Waals surface area contributed by atoms with E-state index in [1.165, 1.54) is 10.6 Å². The molecule has 3 rings (SSSR count). The molecule has 8 nitrogen and oxygen atoms in total. The normalized spacial score (nSPS) is 17.3. The Bertz CT molecular complexity index is 979. The van der Waals surface area contributed by atoms with E-state index in [1.54, 1.807) is 23.0 Å². The largest absolute Gasteiger partial charge is 0.347 e. The molecule has 0 N–H and O–H groups in total. The molecule has 1 aromatic carbocycles. The lowest BCUT2D eigenvalue weighted by Crippen LogP contribution is -2.30. The molecule has 1 unspecified atom stereocenters. The molecule has 9 heteroatoms. The van der Waals surface area contributed by atoms with Crippen molar-refractivity contribution in [2.45, 2.75) is 18.9 Å². The lowest BCUT2D eigenvalue weighted by Gasteiger charge is -2.22. The molecule has 0 aliphatic carbocycles. The molecular formula is C20H27N5O3S. The summed E-state index contributed by atoms with van der Waals surface area (Å²) in [5.74, 6) is 0.183. The minimum atomic E-state index is -3.28. The van der Waals surface area contributed by atoms with Crippen LogP contribution in [-0.2, 0) is 16.6 Å². The molecule has 1 aromatic heterocycles. The summed E-state index contributed by atoms with van der Waals surface area (Å²) in [6, 6.07) is 9.75. The number of anilines is 1. The average Bonchev–Trinajstić information content (AvgIpc) is 3.18. The van der Waals surface area contributed by atoms with Gasteiger partial charge in [0, 0.05) is 52.9 Å². The van der Waals surface area contributed by atoms with E-state index < -0.39 is 10.0 Å². The van der Waals surface area contributed by atoms with Crippen LogP contribution in [0.4, 0.5) is 5.95 Å². The molecule has 1 aliphatic heterocycles. The second-order valence-electron chi connectivity index (χ2n) is 7.62. The maximum absolute atomic E-state index is 13.2. The molecule has 0 spiro atoms. The highest BCUT2D eigenvalue weighted by atomic mass is 32.2. The Labute approximate surface area is 172 Å². The third-order valence-electron chi connectivity index (χ3n) is 5.05. The number of amides is 1. The van der Waals surface area contributed by atoms with E-state index in [2.05, 4.69) is 9.97 Å². The Morgan fingerprint density at radius 2 is 1.90 bits per heavy atom. The van der Waals surface area contributed by atoms with E-state index in [4.69, 9.17) is 0 Å². The van der Waals surface area contributed by atoms with Gasteiger partial charge < -0.3 is 9.80 Å². The number of benzene rings is 1. The third kappa shape index (κ3) is 4.91. The van der Waals surface area contributed by atoms with Crippen molar-refractivity contribution < 1.29 is 13.2 Å². The van der Waals surface area contributed by atoms with Crippen molar-refractivity contribution in [2.24, 2.45) is 0 Å². The van der Waals surface area contributed by atoms with E-state index in [0.29, 0.717) is 43.3 Å². The van der Waals surface area contributed by atoms with Gasteiger partial charge in [0.1, 0.15) is 0 Å². The minimum Gasteiger partial charge on any atom is -0.347 e. The number of hydrogen-bond acceptors (Lipinski definition) is 6. The van der Waals surface area contributed by atoms with Crippen LogP contribution in [0.15, 0.2) is 36.5 Å². The number of rotatable bonds is 6. The molecule has 1 atom stereocenters. The molecule has 1 aliphatic rings. The van der Waals surface area contributed by atoms with Crippen LogP contribution >= 0.6 is 0 Å². The molecule has 1 fully saturated rings. The lowest BCUT2D eigenvalue weighted by atomic mass is 9.99.